The van der Waals surface area contributed by atoms with Crippen molar-refractivity contribution in [2.45, 2.75) is 13.3 Å². The van der Waals surface area contributed by atoms with E-state index in [1.54, 1.807) is 31.2 Å². The molecule has 22 heavy (non-hydrogen) atoms. The molecule has 0 atom stereocenters. The van der Waals surface area contributed by atoms with E-state index in [1.807, 2.05) is 0 Å². The predicted octanol–water partition coefficient (Wildman–Crippen LogP) is 3.19. The van der Waals surface area contributed by atoms with E-state index in [2.05, 4.69) is 6.58 Å². The Kier molecular flexibility index (Phi) is 4.92. The van der Waals surface area contributed by atoms with E-state index in [0.717, 1.165) is 11.8 Å². The van der Waals surface area contributed by atoms with E-state index in [4.69, 9.17) is 4.74 Å². The molecule has 0 saturated carbocycles. The predicted molar refractivity (Wildman–Crippen MR) is 86.9 cm³/mol. The van der Waals surface area contributed by atoms with Crippen molar-refractivity contribution in [1.29, 1.82) is 0 Å². The van der Waals surface area contributed by atoms with Gasteiger partial charge in [-0.15, -0.1) is 6.58 Å². The summed E-state index contributed by atoms with van der Waals surface area (Å²) in [4.78, 5) is 25.4. The molecule has 1 fully saturated rings. The fraction of sp³-hybridized carbons (Fsp3) is 0.250. The molecule has 1 saturated heterocycles. The Labute approximate surface area is 133 Å². The van der Waals surface area contributed by atoms with Crippen LogP contribution in [0.3, 0.4) is 0 Å². The van der Waals surface area contributed by atoms with Gasteiger partial charge in [-0.1, -0.05) is 6.08 Å². The highest BCUT2D eigenvalue weighted by Crippen LogP contribution is 2.36. The zero-order valence-corrected chi connectivity index (χ0v) is 13.3. The Morgan fingerprint density at radius 1 is 1.41 bits per heavy atom. The third kappa shape index (κ3) is 3.01. The number of phenols is 1. The Bertz CT molecular complexity index is 666. The van der Waals surface area contributed by atoms with Crippen molar-refractivity contribution in [1.82, 2.24) is 4.90 Å². The summed E-state index contributed by atoms with van der Waals surface area (Å²) in [5.41, 5.74) is 1.34. The lowest BCUT2D eigenvalue weighted by Gasteiger charge is -2.10. The summed E-state index contributed by atoms with van der Waals surface area (Å²) in [5.74, 6) is 0.0799. The van der Waals surface area contributed by atoms with Crippen molar-refractivity contribution in [3.8, 4) is 11.5 Å². The lowest BCUT2D eigenvalue weighted by atomic mass is 10.1. The van der Waals surface area contributed by atoms with Crippen LogP contribution in [0.25, 0.3) is 6.08 Å². The largest absolute Gasteiger partial charge is 0.504 e. The maximum atomic E-state index is 12.1. The lowest BCUT2D eigenvalue weighted by molar-refractivity contribution is -0.122. The number of rotatable bonds is 5. The minimum absolute atomic E-state index is 0.0567. The van der Waals surface area contributed by atoms with Crippen LogP contribution in [0.15, 0.2) is 29.7 Å². The first-order valence-electron chi connectivity index (χ1n) is 6.78. The molecule has 0 bridgehead atoms. The number of allylic oxidation sites excluding steroid dienone is 1. The van der Waals surface area contributed by atoms with Gasteiger partial charge in [0, 0.05) is 12.1 Å². The van der Waals surface area contributed by atoms with Crippen LogP contribution < -0.4 is 4.74 Å². The van der Waals surface area contributed by atoms with Gasteiger partial charge in [-0.2, -0.15) is 0 Å². The average Bonchev–Trinajstić information content (AvgIpc) is 2.76. The maximum Gasteiger partial charge on any atom is 0.293 e. The van der Waals surface area contributed by atoms with Gasteiger partial charge in [-0.3, -0.25) is 14.5 Å². The number of amides is 2. The van der Waals surface area contributed by atoms with Gasteiger partial charge in [-0.05, 0) is 48.9 Å². The molecular formula is C16H17NO4S. The Morgan fingerprint density at radius 3 is 2.68 bits per heavy atom. The van der Waals surface area contributed by atoms with Crippen molar-refractivity contribution in [3.63, 3.8) is 0 Å². The molecule has 1 heterocycles. The zero-order chi connectivity index (χ0) is 16.3. The number of benzene rings is 1. The number of methoxy groups -OCH3 is 1. The summed E-state index contributed by atoms with van der Waals surface area (Å²) in [6.45, 7) is 5.76. The number of likely N-dealkylation sites (N-methyl/N-ethyl adjacent to an activating group) is 1. The Balaban J connectivity index is 2.43. The van der Waals surface area contributed by atoms with Crippen LogP contribution in [0, 0.1) is 0 Å². The summed E-state index contributed by atoms with van der Waals surface area (Å²) in [5, 5.41) is 9.78. The molecule has 1 aromatic rings. The third-order valence-corrected chi connectivity index (χ3v) is 4.16. The number of hydrogen-bond acceptors (Lipinski definition) is 5. The molecule has 1 aliphatic heterocycles. The topological polar surface area (TPSA) is 66.8 Å². The second-order valence-corrected chi connectivity index (χ2v) is 5.64. The fourth-order valence-electron chi connectivity index (χ4n) is 2.16. The summed E-state index contributed by atoms with van der Waals surface area (Å²) in [6, 6.07) is 3.38. The Morgan fingerprint density at radius 2 is 2.14 bits per heavy atom. The van der Waals surface area contributed by atoms with Gasteiger partial charge in [0.1, 0.15) is 0 Å². The lowest BCUT2D eigenvalue weighted by Crippen LogP contribution is -2.27. The molecule has 2 amide bonds. The molecular weight excluding hydrogens is 302 g/mol. The van der Waals surface area contributed by atoms with E-state index in [1.165, 1.54) is 12.0 Å². The van der Waals surface area contributed by atoms with Crippen molar-refractivity contribution in [2.75, 3.05) is 13.7 Å². The standard InChI is InChI=1S/C16H17NO4S/c1-4-6-11-7-10(8-12(21-3)14(11)18)9-13-15(19)17(5-2)16(20)22-13/h4,7-9,18H,1,5-6H2,2-3H3/b13-9+. The number of aromatic hydroxyl groups is 1. The molecule has 1 aromatic carbocycles. The van der Waals surface area contributed by atoms with Crippen LogP contribution in [-0.2, 0) is 11.2 Å². The van der Waals surface area contributed by atoms with Gasteiger partial charge in [0.05, 0.1) is 12.0 Å². The van der Waals surface area contributed by atoms with Crippen LogP contribution in [-0.4, -0.2) is 34.8 Å². The van der Waals surface area contributed by atoms with Crippen LogP contribution >= 0.6 is 11.8 Å². The van der Waals surface area contributed by atoms with E-state index < -0.39 is 0 Å². The highest BCUT2D eigenvalue weighted by molar-refractivity contribution is 8.18. The van der Waals surface area contributed by atoms with E-state index in [-0.39, 0.29) is 16.9 Å². The molecule has 1 N–H and O–H groups in total. The number of thioether (sulfide) groups is 1. The van der Waals surface area contributed by atoms with Gasteiger partial charge in [-0.25, -0.2) is 0 Å². The number of imide groups is 1. The minimum Gasteiger partial charge on any atom is -0.504 e. The first-order valence-corrected chi connectivity index (χ1v) is 7.59. The molecule has 0 aromatic heterocycles. The van der Waals surface area contributed by atoms with Gasteiger partial charge >= 0.3 is 0 Å². The molecule has 6 heteroatoms. The van der Waals surface area contributed by atoms with Crippen molar-refractivity contribution < 1.29 is 19.4 Å². The van der Waals surface area contributed by atoms with Gasteiger partial charge in [0.15, 0.2) is 11.5 Å². The van der Waals surface area contributed by atoms with Crippen molar-refractivity contribution in [2.24, 2.45) is 0 Å². The van der Waals surface area contributed by atoms with Crippen LogP contribution in [0.4, 0.5) is 4.79 Å². The highest BCUT2D eigenvalue weighted by atomic mass is 32.2. The molecule has 116 valence electrons. The zero-order valence-electron chi connectivity index (χ0n) is 12.5. The first-order chi connectivity index (χ1) is 10.5. The van der Waals surface area contributed by atoms with E-state index in [0.29, 0.717) is 34.7 Å². The molecule has 0 spiro atoms. The normalized spacial score (nSPS) is 16.5. The quantitative estimate of drug-likeness (QED) is 0.667. The molecule has 0 radical (unpaired) electrons. The number of carbonyl (C=O) groups is 2. The van der Waals surface area contributed by atoms with Crippen LogP contribution in [0.5, 0.6) is 11.5 Å². The number of nitrogens with zero attached hydrogens (tertiary/aromatic N) is 1. The summed E-state index contributed by atoms with van der Waals surface area (Å²) in [6.07, 6.45) is 3.78. The monoisotopic (exact) mass is 319 g/mol. The molecule has 0 aliphatic carbocycles. The summed E-state index contributed by atoms with van der Waals surface area (Å²) in [7, 11) is 1.46. The van der Waals surface area contributed by atoms with E-state index in [9.17, 15) is 14.7 Å². The molecule has 1 aliphatic rings. The Hall–Kier alpha value is -2.21. The molecule has 5 nitrogen and oxygen atoms in total. The summed E-state index contributed by atoms with van der Waals surface area (Å²) < 4.78 is 5.14. The van der Waals surface area contributed by atoms with Crippen LogP contribution in [0.2, 0.25) is 0 Å². The summed E-state index contributed by atoms with van der Waals surface area (Å²) >= 11 is 0.913. The van der Waals surface area contributed by atoms with Crippen molar-refractivity contribution in [3.05, 3.63) is 40.8 Å². The average molecular weight is 319 g/mol. The number of phenolic OH excluding ortho intramolecular Hbond substituents is 1. The second kappa shape index (κ2) is 6.70. The smallest absolute Gasteiger partial charge is 0.293 e. The second-order valence-electron chi connectivity index (χ2n) is 4.65. The SMILES string of the molecule is C=CCc1cc(/C=C2/SC(=O)N(CC)C2=O)cc(OC)c1O. The van der Waals surface area contributed by atoms with Gasteiger partial charge in [0.25, 0.3) is 11.1 Å². The van der Waals surface area contributed by atoms with Crippen LogP contribution in [0.1, 0.15) is 18.1 Å². The number of carbonyl (C=O) groups excluding carboxylic acids is 2. The van der Waals surface area contributed by atoms with Crippen molar-refractivity contribution >= 4 is 29.0 Å². The number of ether oxygens (including phenoxy) is 1. The number of hydrogen-bond donors (Lipinski definition) is 1. The molecule has 2 rings (SSSR count). The van der Waals surface area contributed by atoms with Gasteiger partial charge in [0.2, 0.25) is 0 Å². The van der Waals surface area contributed by atoms with E-state index >= 15 is 0 Å². The van der Waals surface area contributed by atoms with Gasteiger partial charge < -0.3 is 9.84 Å². The highest BCUT2D eigenvalue weighted by Gasteiger charge is 2.33. The molecule has 0 unspecified atom stereocenters. The first kappa shape index (κ1) is 16.2. The maximum absolute atomic E-state index is 12.1. The fourth-order valence-corrected chi connectivity index (χ4v) is 3.07. The third-order valence-electron chi connectivity index (χ3n) is 3.25. The minimum atomic E-state index is -0.296.